The lowest BCUT2D eigenvalue weighted by atomic mass is 10.2. The molecule has 29 heavy (non-hydrogen) atoms. The summed E-state index contributed by atoms with van der Waals surface area (Å²) in [6, 6.07) is 11.1. The van der Waals surface area contributed by atoms with Gasteiger partial charge < -0.3 is 14.9 Å². The first-order valence-electron chi connectivity index (χ1n) is 8.54. The van der Waals surface area contributed by atoms with Gasteiger partial charge in [-0.1, -0.05) is 18.2 Å². The van der Waals surface area contributed by atoms with Crippen LogP contribution in [0, 0.1) is 0 Å². The first kappa shape index (κ1) is 20.2. The Bertz CT molecular complexity index is 1050. The lowest BCUT2D eigenvalue weighted by Crippen LogP contribution is -2.29. The van der Waals surface area contributed by atoms with E-state index in [0.717, 1.165) is 23.4 Å². The number of nitrogens with zero attached hydrogens (tertiary/aromatic N) is 2. The Balaban J connectivity index is 2.02. The molecule has 1 aliphatic rings. The maximum Gasteiger partial charge on any atom is 0.338 e. The smallest absolute Gasteiger partial charge is 0.338 e. The fraction of sp³-hybridized carbons (Fsp3) is 0.0952. The number of ether oxygens (including phenoxy) is 1. The molecular formula is C21H18N2O5S. The number of aliphatic imine (C=N–C) groups is 1. The molecule has 0 unspecified atom stereocenters. The summed E-state index contributed by atoms with van der Waals surface area (Å²) in [5.41, 5.74) is 0.771. The summed E-state index contributed by atoms with van der Waals surface area (Å²) >= 11 is 1.14. The van der Waals surface area contributed by atoms with Gasteiger partial charge in [0.2, 0.25) is 0 Å². The van der Waals surface area contributed by atoms with E-state index in [1.807, 2.05) is 12.1 Å². The normalized spacial score (nSPS) is 16.4. The maximum absolute atomic E-state index is 12.8. The van der Waals surface area contributed by atoms with Gasteiger partial charge in [-0.2, -0.15) is 0 Å². The first-order valence-corrected chi connectivity index (χ1v) is 9.36. The number of phenols is 1. The second-order valence-corrected chi connectivity index (χ2v) is 7.00. The van der Waals surface area contributed by atoms with Crippen LogP contribution in [0.3, 0.4) is 0 Å². The molecule has 2 aromatic rings. The van der Waals surface area contributed by atoms with Gasteiger partial charge in [0.1, 0.15) is 11.5 Å². The fourth-order valence-corrected chi connectivity index (χ4v) is 3.66. The van der Waals surface area contributed by atoms with Crippen molar-refractivity contribution in [3.63, 3.8) is 0 Å². The van der Waals surface area contributed by atoms with Crippen molar-refractivity contribution in [3.05, 3.63) is 71.2 Å². The van der Waals surface area contributed by atoms with Gasteiger partial charge in [-0.15, -0.1) is 6.58 Å². The van der Waals surface area contributed by atoms with Crippen LogP contribution < -0.4 is 4.74 Å². The molecule has 1 amide bonds. The number of amides is 1. The Morgan fingerprint density at radius 2 is 2.10 bits per heavy atom. The molecule has 0 aliphatic carbocycles. The van der Waals surface area contributed by atoms with Gasteiger partial charge in [0.05, 0.1) is 23.3 Å². The molecule has 8 heteroatoms. The summed E-state index contributed by atoms with van der Waals surface area (Å²) < 4.78 is 5.21. The van der Waals surface area contributed by atoms with Crippen molar-refractivity contribution in [2.75, 3.05) is 13.7 Å². The summed E-state index contributed by atoms with van der Waals surface area (Å²) in [6.45, 7) is 3.89. The number of carbonyl (C=O) groups excluding carboxylic acids is 1. The summed E-state index contributed by atoms with van der Waals surface area (Å²) in [5.74, 6) is -0.992. The van der Waals surface area contributed by atoms with Crippen molar-refractivity contribution in [1.82, 2.24) is 4.90 Å². The Morgan fingerprint density at radius 3 is 2.79 bits per heavy atom. The predicted molar refractivity (Wildman–Crippen MR) is 113 cm³/mol. The zero-order valence-corrected chi connectivity index (χ0v) is 16.3. The Kier molecular flexibility index (Phi) is 6.04. The summed E-state index contributed by atoms with van der Waals surface area (Å²) in [7, 11) is 1.57. The van der Waals surface area contributed by atoms with E-state index in [1.54, 1.807) is 31.4 Å². The number of benzene rings is 2. The summed E-state index contributed by atoms with van der Waals surface area (Å²) in [4.78, 5) is 30.6. The van der Waals surface area contributed by atoms with Crippen LogP contribution >= 0.6 is 11.8 Å². The highest BCUT2D eigenvalue weighted by Crippen LogP contribution is 2.35. The average Bonchev–Trinajstić information content (AvgIpc) is 2.98. The number of phenolic OH excluding ortho intramolecular Hbond substituents is 1. The van der Waals surface area contributed by atoms with Crippen molar-refractivity contribution in [2.24, 2.45) is 4.99 Å². The van der Waals surface area contributed by atoms with Crippen LogP contribution in [0.25, 0.3) is 6.08 Å². The summed E-state index contributed by atoms with van der Waals surface area (Å²) in [5, 5.41) is 19.3. The highest BCUT2D eigenvalue weighted by molar-refractivity contribution is 8.18. The van der Waals surface area contributed by atoms with E-state index >= 15 is 0 Å². The van der Waals surface area contributed by atoms with Crippen molar-refractivity contribution in [3.8, 4) is 11.5 Å². The Morgan fingerprint density at radius 1 is 1.31 bits per heavy atom. The molecule has 2 N–H and O–H groups in total. The number of carbonyl (C=O) groups is 2. The van der Waals surface area contributed by atoms with E-state index in [4.69, 9.17) is 4.74 Å². The Labute approximate surface area is 171 Å². The van der Waals surface area contributed by atoms with Crippen molar-refractivity contribution >= 4 is 40.6 Å². The van der Waals surface area contributed by atoms with Gasteiger partial charge in [-0.25, -0.2) is 9.79 Å². The predicted octanol–water partition coefficient (Wildman–Crippen LogP) is 3.89. The number of thioether (sulfide) groups is 1. The number of aromatic carboxylic acids is 1. The number of hydrogen-bond acceptors (Lipinski definition) is 6. The monoisotopic (exact) mass is 410 g/mol. The molecule has 7 nitrogen and oxygen atoms in total. The lowest BCUT2D eigenvalue weighted by Gasteiger charge is -2.13. The third-order valence-electron chi connectivity index (χ3n) is 4.02. The molecular weight excluding hydrogens is 392 g/mol. The third-order valence-corrected chi connectivity index (χ3v) is 5.02. The fourth-order valence-electron chi connectivity index (χ4n) is 2.66. The van der Waals surface area contributed by atoms with E-state index in [-0.39, 0.29) is 29.5 Å². The number of carboxylic acid groups (broad SMARTS) is 1. The minimum atomic E-state index is -1.23. The van der Waals surface area contributed by atoms with Crippen LogP contribution in [0.4, 0.5) is 5.69 Å². The van der Waals surface area contributed by atoms with Crippen LogP contribution in [0.15, 0.2) is 65.0 Å². The van der Waals surface area contributed by atoms with Crippen LogP contribution in [-0.2, 0) is 4.79 Å². The molecule has 0 radical (unpaired) electrons. The largest absolute Gasteiger partial charge is 0.508 e. The second kappa shape index (κ2) is 8.66. The molecule has 1 saturated heterocycles. The van der Waals surface area contributed by atoms with Gasteiger partial charge in [0.15, 0.2) is 5.17 Å². The first-order chi connectivity index (χ1) is 13.9. The molecule has 0 spiro atoms. The maximum atomic E-state index is 12.8. The SMILES string of the molecule is C=CCN1C(=O)/C(=C/c2cccc(OC)c2)SC1=Nc1ccc(O)cc1C(=O)O. The molecule has 3 rings (SSSR count). The quantitative estimate of drug-likeness (QED) is 0.554. The molecule has 1 heterocycles. The van der Waals surface area contributed by atoms with E-state index in [9.17, 15) is 19.8 Å². The lowest BCUT2D eigenvalue weighted by molar-refractivity contribution is -0.121. The molecule has 1 aliphatic heterocycles. The minimum absolute atomic E-state index is 0.141. The van der Waals surface area contributed by atoms with Gasteiger partial charge in [-0.3, -0.25) is 9.69 Å². The van der Waals surface area contributed by atoms with Gasteiger partial charge >= 0.3 is 5.97 Å². The molecule has 2 aromatic carbocycles. The highest BCUT2D eigenvalue weighted by Gasteiger charge is 2.33. The Hall–Kier alpha value is -3.52. The second-order valence-electron chi connectivity index (χ2n) is 5.99. The molecule has 0 aromatic heterocycles. The number of carboxylic acids is 1. The molecule has 148 valence electrons. The number of hydrogen-bond donors (Lipinski definition) is 2. The molecule has 0 atom stereocenters. The third kappa shape index (κ3) is 4.49. The number of aromatic hydroxyl groups is 1. The van der Waals surface area contributed by atoms with Gasteiger partial charge in [0.25, 0.3) is 5.91 Å². The summed E-state index contributed by atoms with van der Waals surface area (Å²) in [6.07, 6.45) is 3.29. The van der Waals surface area contributed by atoms with E-state index in [2.05, 4.69) is 11.6 Å². The van der Waals surface area contributed by atoms with Gasteiger partial charge in [0, 0.05) is 6.54 Å². The number of methoxy groups -OCH3 is 1. The van der Waals surface area contributed by atoms with Crippen LogP contribution in [0.5, 0.6) is 11.5 Å². The molecule has 1 fully saturated rings. The zero-order valence-electron chi connectivity index (χ0n) is 15.5. The average molecular weight is 410 g/mol. The van der Waals surface area contributed by atoms with Crippen LogP contribution in [0.2, 0.25) is 0 Å². The van der Waals surface area contributed by atoms with Crippen LogP contribution in [0.1, 0.15) is 15.9 Å². The number of amidine groups is 1. The highest BCUT2D eigenvalue weighted by atomic mass is 32.2. The minimum Gasteiger partial charge on any atom is -0.508 e. The van der Waals surface area contributed by atoms with E-state index < -0.39 is 5.97 Å². The zero-order chi connectivity index (χ0) is 21.0. The van der Waals surface area contributed by atoms with Crippen molar-refractivity contribution in [2.45, 2.75) is 0 Å². The molecule has 0 saturated carbocycles. The van der Waals surface area contributed by atoms with Crippen molar-refractivity contribution < 1.29 is 24.5 Å². The molecule has 0 bridgehead atoms. The standard InChI is InChI=1S/C21H18N2O5S/c1-3-9-23-19(25)18(11-13-5-4-6-15(10-13)28-2)29-21(23)22-17-8-7-14(24)12-16(17)20(26)27/h3-8,10-12,24H,1,9H2,2H3,(H,26,27)/b18-11-,22-21?. The van der Waals surface area contributed by atoms with E-state index in [0.29, 0.717) is 15.8 Å². The topological polar surface area (TPSA) is 99.4 Å². The van der Waals surface area contributed by atoms with Crippen molar-refractivity contribution in [1.29, 1.82) is 0 Å². The van der Waals surface area contributed by atoms with Gasteiger partial charge in [-0.05, 0) is 53.7 Å². The van der Waals surface area contributed by atoms with Crippen LogP contribution in [-0.4, -0.2) is 45.8 Å². The van der Waals surface area contributed by atoms with E-state index in [1.165, 1.54) is 17.0 Å². The number of rotatable bonds is 6.